The summed E-state index contributed by atoms with van der Waals surface area (Å²) in [6.07, 6.45) is 1.22. The highest BCUT2D eigenvalue weighted by atomic mass is 16.5. The highest BCUT2D eigenvalue weighted by Crippen LogP contribution is 2.18. The van der Waals surface area contributed by atoms with Gasteiger partial charge in [-0.1, -0.05) is 13.8 Å². The summed E-state index contributed by atoms with van der Waals surface area (Å²) in [7, 11) is 1.61. The standard InChI is InChI=1S/C13H28N2O2/c1-10(2)7-13(5,9-14)15-11(16)8-12(3,4)17-6/h10H,7-9,14H2,1-6H3,(H,15,16). The van der Waals surface area contributed by atoms with Gasteiger partial charge in [0.15, 0.2) is 0 Å². The SMILES string of the molecule is COC(C)(C)CC(=O)NC(C)(CN)CC(C)C. The molecule has 0 aliphatic heterocycles. The average molecular weight is 244 g/mol. The summed E-state index contributed by atoms with van der Waals surface area (Å²) in [5, 5.41) is 3.02. The molecule has 0 aromatic carbocycles. The van der Waals surface area contributed by atoms with Gasteiger partial charge in [-0.15, -0.1) is 0 Å². The van der Waals surface area contributed by atoms with Crippen LogP contribution in [0.25, 0.3) is 0 Å². The molecular formula is C13H28N2O2. The van der Waals surface area contributed by atoms with Crippen molar-refractivity contribution in [3.63, 3.8) is 0 Å². The average Bonchev–Trinajstić information content (AvgIpc) is 2.15. The Balaban J connectivity index is 4.43. The van der Waals surface area contributed by atoms with Crippen LogP contribution in [0.1, 0.15) is 47.5 Å². The van der Waals surface area contributed by atoms with Gasteiger partial charge in [-0.05, 0) is 33.1 Å². The number of hydrogen-bond acceptors (Lipinski definition) is 3. The van der Waals surface area contributed by atoms with Crippen LogP contribution < -0.4 is 11.1 Å². The minimum atomic E-state index is -0.433. The van der Waals surface area contributed by atoms with Crippen LogP contribution >= 0.6 is 0 Å². The van der Waals surface area contributed by atoms with Crippen LogP contribution in [0.4, 0.5) is 0 Å². The lowest BCUT2D eigenvalue weighted by Crippen LogP contribution is -2.53. The largest absolute Gasteiger partial charge is 0.378 e. The molecule has 0 aliphatic carbocycles. The molecular weight excluding hydrogens is 216 g/mol. The van der Waals surface area contributed by atoms with Gasteiger partial charge < -0.3 is 15.8 Å². The number of ether oxygens (including phenoxy) is 1. The van der Waals surface area contributed by atoms with Crippen molar-refractivity contribution in [1.29, 1.82) is 0 Å². The monoisotopic (exact) mass is 244 g/mol. The van der Waals surface area contributed by atoms with Crippen LogP contribution in [0.3, 0.4) is 0 Å². The third-order valence-corrected chi connectivity index (χ3v) is 2.89. The first-order chi connectivity index (χ1) is 7.64. The molecule has 0 bridgehead atoms. The van der Waals surface area contributed by atoms with Crippen molar-refractivity contribution in [3.8, 4) is 0 Å². The molecule has 1 amide bonds. The predicted octanol–water partition coefficient (Wildman–Crippen LogP) is 1.68. The van der Waals surface area contributed by atoms with Gasteiger partial charge in [-0.25, -0.2) is 0 Å². The van der Waals surface area contributed by atoms with Gasteiger partial charge >= 0.3 is 0 Å². The van der Waals surface area contributed by atoms with Gasteiger partial charge in [-0.2, -0.15) is 0 Å². The Kier molecular flexibility index (Phi) is 6.13. The smallest absolute Gasteiger partial charge is 0.223 e. The fourth-order valence-electron chi connectivity index (χ4n) is 1.93. The van der Waals surface area contributed by atoms with E-state index in [1.165, 1.54) is 0 Å². The van der Waals surface area contributed by atoms with Crippen LogP contribution in [-0.2, 0) is 9.53 Å². The molecule has 0 saturated heterocycles. The molecule has 0 spiro atoms. The van der Waals surface area contributed by atoms with Crippen LogP contribution in [-0.4, -0.2) is 30.7 Å². The van der Waals surface area contributed by atoms with E-state index >= 15 is 0 Å². The van der Waals surface area contributed by atoms with Gasteiger partial charge in [0.25, 0.3) is 0 Å². The molecule has 0 aromatic rings. The van der Waals surface area contributed by atoms with Crippen molar-refractivity contribution in [1.82, 2.24) is 5.32 Å². The number of nitrogens with two attached hydrogens (primary N) is 1. The molecule has 0 aliphatic rings. The Bertz CT molecular complexity index is 252. The Morgan fingerprint density at radius 1 is 1.35 bits per heavy atom. The molecule has 0 radical (unpaired) electrons. The zero-order valence-corrected chi connectivity index (χ0v) is 12.1. The molecule has 102 valence electrons. The molecule has 0 rings (SSSR count). The lowest BCUT2D eigenvalue weighted by atomic mass is 9.90. The molecule has 0 aromatic heterocycles. The first-order valence-electron chi connectivity index (χ1n) is 6.20. The highest BCUT2D eigenvalue weighted by molar-refractivity contribution is 5.77. The lowest BCUT2D eigenvalue weighted by molar-refractivity contribution is -0.128. The van der Waals surface area contributed by atoms with E-state index in [9.17, 15) is 4.79 Å². The topological polar surface area (TPSA) is 64.3 Å². The van der Waals surface area contributed by atoms with Crippen LogP contribution in [0.2, 0.25) is 0 Å². The molecule has 0 saturated carbocycles. The molecule has 3 N–H and O–H groups in total. The predicted molar refractivity (Wildman–Crippen MR) is 70.8 cm³/mol. The minimum Gasteiger partial charge on any atom is -0.378 e. The second-order valence-electron chi connectivity index (χ2n) is 6.05. The number of carbonyl (C=O) groups is 1. The summed E-state index contributed by atoms with van der Waals surface area (Å²) < 4.78 is 5.25. The van der Waals surface area contributed by atoms with Gasteiger partial charge in [0, 0.05) is 19.2 Å². The Labute approximate surface area is 105 Å². The molecule has 1 atom stereocenters. The first-order valence-corrected chi connectivity index (χ1v) is 6.20. The van der Waals surface area contributed by atoms with E-state index in [1.807, 2.05) is 20.8 Å². The zero-order valence-electron chi connectivity index (χ0n) is 12.1. The van der Waals surface area contributed by atoms with Gasteiger partial charge in [0.05, 0.1) is 12.0 Å². The van der Waals surface area contributed by atoms with Crippen molar-refractivity contribution >= 4 is 5.91 Å². The second-order valence-corrected chi connectivity index (χ2v) is 6.05. The molecule has 17 heavy (non-hydrogen) atoms. The van der Waals surface area contributed by atoms with Crippen molar-refractivity contribution in [3.05, 3.63) is 0 Å². The van der Waals surface area contributed by atoms with Crippen molar-refractivity contribution in [2.75, 3.05) is 13.7 Å². The van der Waals surface area contributed by atoms with Crippen LogP contribution in [0.15, 0.2) is 0 Å². The Morgan fingerprint density at radius 3 is 2.24 bits per heavy atom. The van der Waals surface area contributed by atoms with Crippen LogP contribution in [0.5, 0.6) is 0 Å². The van der Waals surface area contributed by atoms with Gasteiger partial charge in [0.2, 0.25) is 5.91 Å². The number of amides is 1. The van der Waals surface area contributed by atoms with Crippen molar-refractivity contribution in [2.45, 2.75) is 58.6 Å². The maximum atomic E-state index is 11.9. The minimum absolute atomic E-state index is 0.00884. The molecule has 1 unspecified atom stereocenters. The van der Waals surface area contributed by atoms with Crippen molar-refractivity contribution < 1.29 is 9.53 Å². The zero-order chi connectivity index (χ0) is 13.7. The van der Waals surface area contributed by atoms with Gasteiger partial charge in [0.1, 0.15) is 0 Å². The number of hydrogen-bond donors (Lipinski definition) is 2. The Morgan fingerprint density at radius 2 is 1.88 bits per heavy atom. The lowest BCUT2D eigenvalue weighted by Gasteiger charge is -2.32. The first kappa shape index (κ1) is 16.4. The normalized spacial score (nSPS) is 15.8. The molecule has 0 heterocycles. The number of nitrogens with one attached hydrogen (secondary N) is 1. The van der Waals surface area contributed by atoms with E-state index in [0.717, 1.165) is 6.42 Å². The van der Waals surface area contributed by atoms with E-state index < -0.39 is 5.60 Å². The van der Waals surface area contributed by atoms with Gasteiger partial charge in [-0.3, -0.25) is 4.79 Å². The molecule has 4 nitrogen and oxygen atoms in total. The number of carbonyl (C=O) groups excluding carboxylic acids is 1. The third-order valence-electron chi connectivity index (χ3n) is 2.89. The van der Waals surface area contributed by atoms with E-state index in [0.29, 0.717) is 18.9 Å². The maximum absolute atomic E-state index is 11.9. The van der Waals surface area contributed by atoms with E-state index in [2.05, 4.69) is 19.2 Å². The fourth-order valence-corrected chi connectivity index (χ4v) is 1.93. The van der Waals surface area contributed by atoms with E-state index in [1.54, 1.807) is 7.11 Å². The number of rotatable bonds is 7. The summed E-state index contributed by atoms with van der Waals surface area (Å²) in [6.45, 7) is 10.5. The fraction of sp³-hybridized carbons (Fsp3) is 0.923. The summed E-state index contributed by atoms with van der Waals surface area (Å²) in [6, 6.07) is 0. The quantitative estimate of drug-likeness (QED) is 0.716. The van der Waals surface area contributed by atoms with Crippen LogP contribution in [0, 0.1) is 5.92 Å². The van der Waals surface area contributed by atoms with Crippen molar-refractivity contribution in [2.24, 2.45) is 11.7 Å². The highest BCUT2D eigenvalue weighted by Gasteiger charge is 2.28. The number of methoxy groups -OCH3 is 1. The third kappa shape index (κ3) is 6.64. The summed E-state index contributed by atoms with van der Waals surface area (Å²) in [5.41, 5.74) is 5.00. The summed E-state index contributed by atoms with van der Waals surface area (Å²) in [4.78, 5) is 11.9. The summed E-state index contributed by atoms with van der Waals surface area (Å²) >= 11 is 0. The summed E-state index contributed by atoms with van der Waals surface area (Å²) in [5.74, 6) is 0.490. The van der Waals surface area contributed by atoms with E-state index in [-0.39, 0.29) is 11.4 Å². The second kappa shape index (κ2) is 6.36. The molecule has 4 heteroatoms. The van der Waals surface area contributed by atoms with E-state index in [4.69, 9.17) is 10.5 Å². The Hall–Kier alpha value is -0.610. The molecule has 0 fully saturated rings. The maximum Gasteiger partial charge on any atom is 0.223 e.